The molecular weight excluding hydrogens is 216 g/mol. The Morgan fingerprint density at radius 3 is 3.12 bits per heavy atom. The van der Waals surface area contributed by atoms with E-state index in [0.717, 1.165) is 31.5 Å². The maximum absolute atomic E-state index is 12.4. The second-order valence-corrected chi connectivity index (χ2v) is 4.52. The van der Waals surface area contributed by atoms with Crippen LogP contribution in [-0.4, -0.2) is 28.3 Å². The molecule has 1 saturated heterocycles. The molecule has 0 aliphatic carbocycles. The molecule has 0 aromatic carbocycles. The van der Waals surface area contributed by atoms with Crippen LogP contribution in [0.25, 0.3) is 0 Å². The fourth-order valence-electron chi connectivity index (χ4n) is 2.47. The summed E-state index contributed by atoms with van der Waals surface area (Å²) < 4.78 is 7.40. The van der Waals surface area contributed by atoms with E-state index in [9.17, 15) is 4.79 Å². The third-order valence-electron chi connectivity index (χ3n) is 3.35. The van der Waals surface area contributed by atoms with E-state index in [1.807, 2.05) is 10.7 Å². The SMILES string of the molecule is CCCn1nccc1C(=O)C1CCOC1CC. The van der Waals surface area contributed by atoms with Crippen LogP contribution in [-0.2, 0) is 11.3 Å². The Morgan fingerprint density at radius 2 is 2.41 bits per heavy atom. The number of carbonyl (C=O) groups excluding carboxylic acids is 1. The summed E-state index contributed by atoms with van der Waals surface area (Å²) >= 11 is 0. The first kappa shape index (κ1) is 12.3. The summed E-state index contributed by atoms with van der Waals surface area (Å²) in [5, 5.41) is 4.20. The van der Waals surface area contributed by atoms with E-state index >= 15 is 0 Å². The van der Waals surface area contributed by atoms with Crippen molar-refractivity contribution in [3.63, 3.8) is 0 Å². The van der Waals surface area contributed by atoms with E-state index in [1.165, 1.54) is 0 Å². The highest BCUT2D eigenvalue weighted by atomic mass is 16.5. The summed E-state index contributed by atoms with van der Waals surface area (Å²) in [6.07, 6.45) is 4.53. The number of hydrogen-bond donors (Lipinski definition) is 0. The van der Waals surface area contributed by atoms with Crippen molar-refractivity contribution >= 4 is 5.78 Å². The van der Waals surface area contributed by atoms with Crippen molar-refractivity contribution in [1.29, 1.82) is 0 Å². The van der Waals surface area contributed by atoms with Crippen molar-refractivity contribution in [3.05, 3.63) is 18.0 Å². The topological polar surface area (TPSA) is 44.1 Å². The fraction of sp³-hybridized carbons (Fsp3) is 0.692. The van der Waals surface area contributed by atoms with E-state index in [4.69, 9.17) is 4.74 Å². The lowest BCUT2D eigenvalue weighted by Gasteiger charge is -2.16. The Balaban J connectivity index is 2.15. The van der Waals surface area contributed by atoms with Gasteiger partial charge in [-0.2, -0.15) is 5.10 Å². The van der Waals surface area contributed by atoms with Gasteiger partial charge in [-0.1, -0.05) is 13.8 Å². The smallest absolute Gasteiger partial charge is 0.186 e. The van der Waals surface area contributed by atoms with Crippen LogP contribution in [0.5, 0.6) is 0 Å². The Labute approximate surface area is 102 Å². The number of aromatic nitrogens is 2. The quantitative estimate of drug-likeness (QED) is 0.737. The molecule has 0 bridgehead atoms. The Hall–Kier alpha value is -1.16. The van der Waals surface area contributed by atoms with Crippen molar-refractivity contribution in [2.24, 2.45) is 5.92 Å². The maximum Gasteiger partial charge on any atom is 0.186 e. The van der Waals surface area contributed by atoms with Gasteiger partial charge in [0.25, 0.3) is 0 Å². The minimum absolute atomic E-state index is 0.0207. The molecule has 1 aliphatic rings. The van der Waals surface area contributed by atoms with Gasteiger partial charge in [0.05, 0.1) is 12.0 Å². The minimum atomic E-state index is 0.0207. The molecule has 1 aromatic heterocycles. The molecule has 1 aromatic rings. The average molecular weight is 236 g/mol. The lowest BCUT2D eigenvalue weighted by molar-refractivity contribution is 0.0681. The summed E-state index contributed by atoms with van der Waals surface area (Å²) in [4.78, 5) is 12.4. The van der Waals surface area contributed by atoms with Gasteiger partial charge in [0, 0.05) is 19.3 Å². The second kappa shape index (κ2) is 5.45. The van der Waals surface area contributed by atoms with Crippen LogP contribution in [0.3, 0.4) is 0 Å². The van der Waals surface area contributed by atoms with E-state index in [-0.39, 0.29) is 17.8 Å². The van der Waals surface area contributed by atoms with Crippen LogP contribution in [0.2, 0.25) is 0 Å². The highest BCUT2D eigenvalue weighted by Gasteiger charge is 2.34. The fourth-order valence-corrected chi connectivity index (χ4v) is 2.47. The molecule has 0 spiro atoms. The molecule has 0 radical (unpaired) electrons. The molecule has 1 fully saturated rings. The Kier molecular flexibility index (Phi) is 3.94. The van der Waals surface area contributed by atoms with Gasteiger partial charge >= 0.3 is 0 Å². The molecule has 2 unspecified atom stereocenters. The molecule has 2 atom stereocenters. The number of ketones is 1. The predicted octanol–water partition coefficient (Wildman–Crippen LogP) is 2.29. The molecule has 2 rings (SSSR count). The van der Waals surface area contributed by atoms with Crippen molar-refractivity contribution in [2.45, 2.75) is 45.8 Å². The summed E-state index contributed by atoms with van der Waals surface area (Å²) in [6.45, 7) is 5.67. The van der Waals surface area contributed by atoms with Crippen molar-refractivity contribution in [3.8, 4) is 0 Å². The first-order chi connectivity index (χ1) is 8.27. The molecule has 0 amide bonds. The average Bonchev–Trinajstić information content (AvgIpc) is 2.96. The van der Waals surface area contributed by atoms with Crippen LogP contribution in [0.4, 0.5) is 0 Å². The van der Waals surface area contributed by atoms with Crippen LogP contribution < -0.4 is 0 Å². The first-order valence-electron chi connectivity index (χ1n) is 6.45. The van der Waals surface area contributed by atoms with Crippen molar-refractivity contribution < 1.29 is 9.53 Å². The predicted molar refractivity (Wildman–Crippen MR) is 65.0 cm³/mol. The van der Waals surface area contributed by atoms with E-state index in [0.29, 0.717) is 6.61 Å². The number of nitrogens with zero attached hydrogens (tertiary/aromatic N) is 2. The second-order valence-electron chi connectivity index (χ2n) is 4.52. The molecular formula is C13H20N2O2. The van der Waals surface area contributed by atoms with Gasteiger partial charge in [-0.05, 0) is 25.3 Å². The molecule has 94 valence electrons. The Bertz CT molecular complexity index is 387. The summed E-state index contributed by atoms with van der Waals surface area (Å²) in [5.74, 6) is 0.215. The van der Waals surface area contributed by atoms with Gasteiger partial charge in [-0.3, -0.25) is 9.48 Å². The van der Waals surface area contributed by atoms with Crippen LogP contribution >= 0.6 is 0 Å². The van der Waals surface area contributed by atoms with E-state index < -0.39 is 0 Å². The van der Waals surface area contributed by atoms with Gasteiger partial charge in [0.2, 0.25) is 0 Å². The summed E-state index contributed by atoms with van der Waals surface area (Å²) in [5.41, 5.74) is 0.737. The molecule has 0 N–H and O–H groups in total. The van der Waals surface area contributed by atoms with Crippen molar-refractivity contribution in [2.75, 3.05) is 6.61 Å². The first-order valence-corrected chi connectivity index (χ1v) is 6.45. The number of ether oxygens (including phenoxy) is 1. The summed E-state index contributed by atoms with van der Waals surface area (Å²) in [6, 6.07) is 1.82. The molecule has 2 heterocycles. The number of aryl methyl sites for hydroxylation is 1. The van der Waals surface area contributed by atoms with Gasteiger partial charge in [0.15, 0.2) is 5.78 Å². The standard InChI is InChI=1S/C13H20N2O2/c1-3-8-15-11(5-7-14-15)13(16)10-6-9-17-12(10)4-2/h5,7,10,12H,3-4,6,8-9H2,1-2H3. The third kappa shape index (κ3) is 2.41. The minimum Gasteiger partial charge on any atom is -0.377 e. The number of Topliss-reactive ketones (excluding diaryl/α,β-unsaturated/α-hetero) is 1. The van der Waals surface area contributed by atoms with Crippen LogP contribution in [0.15, 0.2) is 12.3 Å². The highest BCUT2D eigenvalue weighted by Crippen LogP contribution is 2.26. The largest absolute Gasteiger partial charge is 0.377 e. The Morgan fingerprint density at radius 1 is 1.59 bits per heavy atom. The van der Waals surface area contributed by atoms with Gasteiger partial charge in [0.1, 0.15) is 5.69 Å². The molecule has 0 saturated carbocycles. The third-order valence-corrected chi connectivity index (χ3v) is 3.35. The molecule has 1 aliphatic heterocycles. The normalized spacial score (nSPS) is 24.1. The molecule has 17 heavy (non-hydrogen) atoms. The lowest BCUT2D eigenvalue weighted by Crippen LogP contribution is -2.26. The van der Waals surface area contributed by atoms with Crippen LogP contribution in [0.1, 0.15) is 43.6 Å². The zero-order valence-corrected chi connectivity index (χ0v) is 10.6. The number of rotatable bonds is 5. The zero-order chi connectivity index (χ0) is 12.3. The van der Waals surface area contributed by atoms with Gasteiger partial charge < -0.3 is 4.74 Å². The monoisotopic (exact) mass is 236 g/mol. The summed E-state index contributed by atoms with van der Waals surface area (Å²) in [7, 11) is 0. The number of carbonyl (C=O) groups is 1. The van der Waals surface area contributed by atoms with Gasteiger partial charge in [-0.25, -0.2) is 0 Å². The molecule has 4 nitrogen and oxygen atoms in total. The lowest BCUT2D eigenvalue weighted by atomic mass is 9.93. The van der Waals surface area contributed by atoms with Crippen molar-refractivity contribution in [1.82, 2.24) is 9.78 Å². The molecule has 4 heteroatoms. The number of hydrogen-bond acceptors (Lipinski definition) is 3. The maximum atomic E-state index is 12.4. The van der Waals surface area contributed by atoms with Crippen LogP contribution in [0, 0.1) is 5.92 Å². The zero-order valence-electron chi connectivity index (χ0n) is 10.6. The van der Waals surface area contributed by atoms with Gasteiger partial charge in [-0.15, -0.1) is 0 Å². The van der Waals surface area contributed by atoms with E-state index in [1.54, 1.807) is 6.20 Å². The van der Waals surface area contributed by atoms with E-state index in [2.05, 4.69) is 18.9 Å². The highest BCUT2D eigenvalue weighted by molar-refractivity contribution is 5.96.